The highest BCUT2D eigenvalue weighted by Gasteiger charge is 2.20. The molecule has 0 bridgehead atoms. The van der Waals surface area contributed by atoms with Crippen molar-refractivity contribution in [3.63, 3.8) is 0 Å². The molecule has 4 aromatic rings. The zero-order valence-corrected chi connectivity index (χ0v) is 15.0. The van der Waals surface area contributed by atoms with Crippen molar-refractivity contribution in [3.05, 3.63) is 42.5 Å². The largest absolute Gasteiger partial charge is 0.339 e. The minimum absolute atomic E-state index is 0.00160. The van der Waals surface area contributed by atoms with Crippen LogP contribution in [0.5, 0.6) is 0 Å². The summed E-state index contributed by atoms with van der Waals surface area (Å²) in [4.78, 5) is 26.3. The fourth-order valence-corrected chi connectivity index (χ4v) is 3.37. The smallest absolute Gasteiger partial charge is 0.255 e. The molecule has 0 aromatic carbocycles. The molecule has 1 fully saturated rings. The summed E-state index contributed by atoms with van der Waals surface area (Å²) in [5.41, 5.74) is 3.08. The summed E-state index contributed by atoms with van der Waals surface area (Å²) in [5.74, 6) is 0.593. The molecule has 1 amide bonds. The maximum absolute atomic E-state index is 12.7. The lowest BCUT2D eigenvalue weighted by Gasteiger charge is -2.26. The molecule has 5 rings (SSSR count). The average Bonchev–Trinajstić information content (AvgIpc) is 3.44. The topological polar surface area (TPSA) is 118 Å². The van der Waals surface area contributed by atoms with Crippen molar-refractivity contribution < 1.29 is 4.79 Å². The SMILES string of the molecule is O=C(c1cnc2c(c1)nnn2-c1ccc(-c2nnc[nH]2)nc1)N1CCCCC1. The van der Waals surface area contributed by atoms with Crippen LogP contribution in [0.1, 0.15) is 29.6 Å². The van der Waals surface area contributed by atoms with Gasteiger partial charge in [0.15, 0.2) is 11.5 Å². The summed E-state index contributed by atoms with van der Waals surface area (Å²) in [5, 5.41) is 16.0. The molecule has 28 heavy (non-hydrogen) atoms. The summed E-state index contributed by atoms with van der Waals surface area (Å²) in [7, 11) is 0. The molecule has 1 saturated heterocycles. The van der Waals surface area contributed by atoms with Gasteiger partial charge in [-0.2, -0.15) is 4.68 Å². The molecule has 0 atom stereocenters. The molecule has 10 nitrogen and oxygen atoms in total. The number of aromatic nitrogens is 8. The number of likely N-dealkylation sites (tertiary alicyclic amines) is 1. The molecular weight excluding hydrogens is 358 g/mol. The van der Waals surface area contributed by atoms with Gasteiger partial charge in [-0.15, -0.1) is 15.3 Å². The Morgan fingerprint density at radius 1 is 1.04 bits per heavy atom. The van der Waals surface area contributed by atoms with E-state index in [-0.39, 0.29) is 5.91 Å². The minimum Gasteiger partial charge on any atom is -0.339 e. The predicted molar refractivity (Wildman–Crippen MR) is 99.6 cm³/mol. The Hall–Kier alpha value is -3.69. The number of hydrogen-bond acceptors (Lipinski definition) is 7. The van der Waals surface area contributed by atoms with Crippen LogP contribution in [0.3, 0.4) is 0 Å². The predicted octanol–water partition coefficient (Wildman–Crippen LogP) is 1.62. The number of H-pyrrole nitrogens is 1. The highest BCUT2D eigenvalue weighted by molar-refractivity contribution is 5.96. The van der Waals surface area contributed by atoms with Gasteiger partial charge in [0, 0.05) is 19.3 Å². The molecule has 0 spiro atoms. The first kappa shape index (κ1) is 16.5. The van der Waals surface area contributed by atoms with Gasteiger partial charge >= 0.3 is 0 Å². The first-order chi connectivity index (χ1) is 13.8. The van der Waals surface area contributed by atoms with Crippen molar-refractivity contribution in [2.75, 3.05) is 13.1 Å². The van der Waals surface area contributed by atoms with Crippen LogP contribution >= 0.6 is 0 Å². The van der Waals surface area contributed by atoms with E-state index in [2.05, 4.69) is 35.5 Å². The molecule has 1 N–H and O–H groups in total. The van der Waals surface area contributed by atoms with E-state index in [9.17, 15) is 4.79 Å². The maximum atomic E-state index is 12.7. The lowest BCUT2D eigenvalue weighted by atomic mass is 10.1. The summed E-state index contributed by atoms with van der Waals surface area (Å²) >= 11 is 0. The van der Waals surface area contributed by atoms with Crippen molar-refractivity contribution in [3.8, 4) is 17.2 Å². The number of amides is 1. The van der Waals surface area contributed by atoms with Gasteiger partial charge in [-0.1, -0.05) is 5.21 Å². The quantitative estimate of drug-likeness (QED) is 0.578. The Labute approximate surface area is 159 Å². The van der Waals surface area contributed by atoms with Gasteiger partial charge in [0.1, 0.15) is 17.5 Å². The average molecular weight is 375 g/mol. The number of hydrogen-bond donors (Lipinski definition) is 1. The third-order valence-electron chi connectivity index (χ3n) is 4.83. The molecule has 4 aromatic heterocycles. The molecule has 1 aliphatic rings. The van der Waals surface area contributed by atoms with Crippen molar-refractivity contribution in [1.82, 2.24) is 45.0 Å². The Morgan fingerprint density at radius 3 is 2.68 bits per heavy atom. The first-order valence-electron chi connectivity index (χ1n) is 9.13. The van der Waals surface area contributed by atoms with E-state index in [4.69, 9.17) is 0 Å². The molecular formula is C18H17N9O. The third kappa shape index (κ3) is 2.88. The van der Waals surface area contributed by atoms with Crippen molar-refractivity contribution in [2.24, 2.45) is 0 Å². The van der Waals surface area contributed by atoms with Gasteiger partial charge in [0.05, 0.1) is 17.4 Å². The van der Waals surface area contributed by atoms with E-state index in [1.54, 1.807) is 23.1 Å². The monoisotopic (exact) mass is 375 g/mol. The standard InChI is InChI=1S/C18H17N9O/c28-18(26-6-2-1-3-7-26)12-8-15-17(20-9-12)27(25-23-15)13-4-5-14(19-10-13)16-21-11-22-24-16/h4-5,8-11H,1-3,6-7H2,(H,21,22,24). The van der Waals surface area contributed by atoms with Crippen LogP contribution < -0.4 is 0 Å². The first-order valence-corrected chi connectivity index (χ1v) is 9.13. The van der Waals surface area contributed by atoms with Gasteiger partial charge in [-0.3, -0.25) is 9.78 Å². The fourth-order valence-electron chi connectivity index (χ4n) is 3.37. The molecule has 0 saturated carbocycles. The van der Waals surface area contributed by atoms with Crippen LogP contribution in [0.15, 0.2) is 36.9 Å². The molecule has 10 heteroatoms. The van der Waals surface area contributed by atoms with Gasteiger partial charge in [-0.25, -0.2) is 4.98 Å². The van der Waals surface area contributed by atoms with E-state index in [0.717, 1.165) is 25.9 Å². The molecule has 140 valence electrons. The van der Waals surface area contributed by atoms with Crippen LogP contribution in [0.25, 0.3) is 28.4 Å². The zero-order valence-electron chi connectivity index (χ0n) is 15.0. The number of rotatable bonds is 3. The van der Waals surface area contributed by atoms with Crippen LogP contribution in [0.2, 0.25) is 0 Å². The number of carbonyl (C=O) groups excluding carboxylic acids is 1. The van der Waals surface area contributed by atoms with Crippen molar-refractivity contribution in [2.45, 2.75) is 19.3 Å². The molecule has 0 unspecified atom stereocenters. The van der Waals surface area contributed by atoms with Gasteiger partial charge in [0.25, 0.3) is 5.91 Å². The second-order valence-electron chi connectivity index (χ2n) is 6.66. The van der Waals surface area contributed by atoms with E-state index in [1.807, 2.05) is 17.0 Å². The van der Waals surface area contributed by atoms with Crippen molar-refractivity contribution >= 4 is 17.1 Å². The van der Waals surface area contributed by atoms with Crippen LogP contribution in [-0.2, 0) is 0 Å². The summed E-state index contributed by atoms with van der Waals surface area (Å²) < 4.78 is 1.60. The molecule has 0 aliphatic carbocycles. The second-order valence-corrected chi connectivity index (χ2v) is 6.66. The Morgan fingerprint density at radius 2 is 1.93 bits per heavy atom. The lowest BCUT2D eigenvalue weighted by Crippen LogP contribution is -2.35. The molecule has 1 aliphatic heterocycles. The number of fused-ring (bicyclic) bond motifs is 1. The van der Waals surface area contributed by atoms with Gasteiger partial charge < -0.3 is 9.88 Å². The Balaban J connectivity index is 1.44. The van der Waals surface area contributed by atoms with E-state index in [0.29, 0.717) is 33.9 Å². The third-order valence-corrected chi connectivity index (χ3v) is 4.83. The minimum atomic E-state index is 0.00160. The Bertz CT molecular complexity index is 1110. The Kier molecular flexibility index (Phi) is 4.00. The highest BCUT2D eigenvalue weighted by atomic mass is 16.2. The van der Waals surface area contributed by atoms with E-state index < -0.39 is 0 Å². The van der Waals surface area contributed by atoms with E-state index in [1.165, 1.54) is 12.7 Å². The number of aromatic amines is 1. The number of nitrogens with one attached hydrogen (secondary N) is 1. The van der Waals surface area contributed by atoms with Gasteiger partial charge in [0.2, 0.25) is 0 Å². The zero-order chi connectivity index (χ0) is 18.9. The number of pyridine rings is 2. The van der Waals surface area contributed by atoms with Gasteiger partial charge in [-0.05, 0) is 37.5 Å². The summed E-state index contributed by atoms with van der Waals surface area (Å²) in [6.07, 6.45) is 8.04. The number of carbonyl (C=O) groups is 1. The number of piperidine rings is 1. The summed E-state index contributed by atoms with van der Waals surface area (Å²) in [6.45, 7) is 1.60. The highest BCUT2D eigenvalue weighted by Crippen LogP contribution is 2.19. The molecule has 5 heterocycles. The molecule has 0 radical (unpaired) electrons. The van der Waals surface area contributed by atoms with Crippen LogP contribution in [0.4, 0.5) is 0 Å². The second kappa shape index (κ2) is 6.80. The van der Waals surface area contributed by atoms with Crippen LogP contribution in [0, 0.1) is 0 Å². The lowest BCUT2D eigenvalue weighted by molar-refractivity contribution is 0.0724. The fraction of sp³-hybridized carbons (Fsp3) is 0.278. The van der Waals surface area contributed by atoms with E-state index >= 15 is 0 Å². The maximum Gasteiger partial charge on any atom is 0.255 e. The normalized spacial score (nSPS) is 14.5. The van der Waals surface area contributed by atoms with Crippen LogP contribution in [-0.4, -0.2) is 64.0 Å². The number of nitrogens with zero attached hydrogens (tertiary/aromatic N) is 8. The van der Waals surface area contributed by atoms with Crippen molar-refractivity contribution in [1.29, 1.82) is 0 Å². The summed E-state index contributed by atoms with van der Waals surface area (Å²) in [6, 6.07) is 5.42.